The average molecular weight is 330 g/mol. The minimum atomic E-state index is 0.394. The molecule has 1 heteroatoms. The van der Waals surface area contributed by atoms with E-state index in [9.17, 15) is 0 Å². The first kappa shape index (κ1) is 19.3. The van der Waals surface area contributed by atoms with E-state index in [2.05, 4.69) is 85.8 Å². The zero-order valence-corrected chi connectivity index (χ0v) is 17.4. The third-order valence-corrected chi connectivity index (χ3v) is 7.39. The topological polar surface area (TPSA) is 3.24 Å². The van der Waals surface area contributed by atoms with Crippen LogP contribution in [0.25, 0.3) is 0 Å². The molecule has 0 aliphatic heterocycles. The smallest absolute Gasteiger partial charge is 0.0133 e. The van der Waals surface area contributed by atoms with Crippen LogP contribution in [0.3, 0.4) is 0 Å². The average Bonchev–Trinajstić information content (AvgIpc) is 3.30. The summed E-state index contributed by atoms with van der Waals surface area (Å²) in [4.78, 5) is 2.20. The van der Waals surface area contributed by atoms with Gasteiger partial charge in [0.2, 0.25) is 0 Å². The van der Waals surface area contributed by atoms with Crippen molar-refractivity contribution in [2.45, 2.75) is 67.7 Å². The summed E-state index contributed by atoms with van der Waals surface area (Å²) in [6, 6.07) is 0. The van der Waals surface area contributed by atoms with Crippen LogP contribution in [0.4, 0.5) is 0 Å². The maximum absolute atomic E-state index is 4.33. The van der Waals surface area contributed by atoms with E-state index in [0.29, 0.717) is 22.2 Å². The Morgan fingerprint density at radius 1 is 1.12 bits per heavy atom. The van der Waals surface area contributed by atoms with Crippen molar-refractivity contribution in [2.24, 2.45) is 34.0 Å². The van der Waals surface area contributed by atoms with Gasteiger partial charge in [-0.15, -0.1) is 0 Å². The third-order valence-electron chi connectivity index (χ3n) is 7.39. The molecule has 2 unspecified atom stereocenters. The summed E-state index contributed by atoms with van der Waals surface area (Å²) >= 11 is 0. The van der Waals surface area contributed by atoms with Crippen LogP contribution < -0.4 is 0 Å². The highest BCUT2D eigenvalue weighted by Crippen LogP contribution is 2.70. The Hall–Kier alpha value is -0.980. The van der Waals surface area contributed by atoms with Crippen LogP contribution in [0.15, 0.2) is 36.7 Å². The summed E-state index contributed by atoms with van der Waals surface area (Å²) in [5.74, 6) is 2.26. The number of nitrogens with zero attached hydrogens (tertiary/aromatic N) is 1. The van der Waals surface area contributed by atoms with Crippen LogP contribution in [-0.4, -0.2) is 11.9 Å². The van der Waals surface area contributed by atoms with Gasteiger partial charge in [0, 0.05) is 24.9 Å². The number of rotatable bonds is 7. The Morgan fingerprint density at radius 3 is 2.08 bits per heavy atom. The van der Waals surface area contributed by atoms with Crippen molar-refractivity contribution >= 4 is 0 Å². The quantitative estimate of drug-likeness (QED) is 0.473. The van der Waals surface area contributed by atoms with E-state index in [4.69, 9.17) is 0 Å². The molecule has 136 valence electrons. The highest BCUT2D eigenvalue weighted by molar-refractivity contribution is 5.21. The first-order valence-corrected chi connectivity index (χ1v) is 9.57. The van der Waals surface area contributed by atoms with Gasteiger partial charge in [-0.3, -0.25) is 0 Å². The van der Waals surface area contributed by atoms with Gasteiger partial charge < -0.3 is 4.90 Å². The standard InChI is InChI=1S/C23H39N/c1-16(11-12-20-22(6,7)23(20,8)9)13-14-24(10)17(2)18-15-19(18)21(3,4)5/h13-14,18-20H,1-2,11-12,15H2,3-10H3/b14-13-. The maximum atomic E-state index is 4.33. The third kappa shape index (κ3) is 3.65. The molecule has 0 amide bonds. The predicted molar refractivity (Wildman–Crippen MR) is 107 cm³/mol. The minimum Gasteiger partial charge on any atom is -0.355 e. The van der Waals surface area contributed by atoms with E-state index in [0.717, 1.165) is 18.3 Å². The van der Waals surface area contributed by atoms with Crippen LogP contribution in [0.1, 0.15) is 67.7 Å². The van der Waals surface area contributed by atoms with Crippen molar-refractivity contribution in [3.63, 3.8) is 0 Å². The van der Waals surface area contributed by atoms with Gasteiger partial charge in [0.25, 0.3) is 0 Å². The Kier molecular flexibility index (Phi) is 4.90. The van der Waals surface area contributed by atoms with Gasteiger partial charge in [-0.25, -0.2) is 0 Å². The molecular formula is C23H39N. The van der Waals surface area contributed by atoms with E-state index in [1.165, 1.54) is 24.1 Å². The Labute approximate surface area is 150 Å². The van der Waals surface area contributed by atoms with Crippen LogP contribution in [0, 0.1) is 34.0 Å². The van der Waals surface area contributed by atoms with Gasteiger partial charge in [0.15, 0.2) is 0 Å². The van der Waals surface area contributed by atoms with Crippen LogP contribution in [-0.2, 0) is 0 Å². The molecule has 2 saturated carbocycles. The molecule has 0 aromatic carbocycles. The van der Waals surface area contributed by atoms with Crippen molar-refractivity contribution in [3.05, 3.63) is 36.7 Å². The van der Waals surface area contributed by atoms with E-state index in [1.807, 2.05) is 0 Å². The molecule has 24 heavy (non-hydrogen) atoms. The molecule has 0 N–H and O–H groups in total. The molecule has 2 fully saturated rings. The fourth-order valence-corrected chi connectivity index (χ4v) is 4.56. The monoisotopic (exact) mass is 329 g/mol. The molecule has 0 aromatic heterocycles. The summed E-state index contributed by atoms with van der Waals surface area (Å²) < 4.78 is 0. The van der Waals surface area contributed by atoms with E-state index in [-0.39, 0.29) is 0 Å². The summed E-state index contributed by atoms with van der Waals surface area (Å²) in [6.07, 6.45) is 7.98. The molecule has 1 nitrogen and oxygen atoms in total. The van der Waals surface area contributed by atoms with Gasteiger partial charge in [-0.1, -0.05) is 67.2 Å². The van der Waals surface area contributed by atoms with Gasteiger partial charge in [-0.05, 0) is 53.4 Å². The molecule has 0 heterocycles. The highest BCUT2D eigenvalue weighted by Gasteiger charge is 2.63. The van der Waals surface area contributed by atoms with Gasteiger partial charge in [-0.2, -0.15) is 0 Å². The van der Waals surface area contributed by atoms with E-state index >= 15 is 0 Å². The molecule has 2 atom stereocenters. The Bertz CT molecular complexity index is 527. The molecule has 0 saturated heterocycles. The molecule has 0 bridgehead atoms. The van der Waals surface area contributed by atoms with Gasteiger partial charge in [0.1, 0.15) is 0 Å². The lowest BCUT2D eigenvalue weighted by molar-refractivity contribution is 0.328. The number of hydrogen-bond donors (Lipinski definition) is 0. The minimum absolute atomic E-state index is 0.394. The Morgan fingerprint density at radius 2 is 1.67 bits per heavy atom. The van der Waals surface area contributed by atoms with Crippen LogP contribution in [0.5, 0.6) is 0 Å². The highest BCUT2D eigenvalue weighted by atomic mass is 15.1. The second-order valence-corrected chi connectivity index (χ2v) is 10.4. The fourth-order valence-electron chi connectivity index (χ4n) is 4.56. The molecule has 2 aliphatic rings. The SMILES string of the molecule is C=C(/C=C\N(C)C(=C)C1CC1C(C)(C)C)CCC1C(C)(C)C1(C)C. The summed E-state index contributed by atoms with van der Waals surface area (Å²) in [6.45, 7) is 25.2. The van der Waals surface area contributed by atoms with Crippen molar-refractivity contribution in [3.8, 4) is 0 Å². The molecule has 0 aromatic rings. The zero-order valence-electron chi connectivity index (χ0n) is 17.4. The number of allylic oxidation sites excluding steroid dienone is 3. The van der Waals surface area contributed by atoms with Crippen molar-refractivity contribution < 1.29 is 0 Å². The summed E-state index contributed by atoms with van der Waals surface area (Å²) in [5.41, 5.74) is 3.84. The first-order valence-electron chi connectivity index (χ1n) is 9.57. The van der Waals surface area contributed by atoms with Crippen LogP contribution >= 0.6 is 0 Å². The maximum Gasteiger partial charge on any atom is 0.0133 e. The fraction of sp³-hybridized carbons (Fsp3) is 0.739. The summed E-state index contributed by atoms with van der Waals surface area (Å²) in [5, 5.41) is 0. The lowest BCUT2D eigenvalue weighted by atomic mass is 9.88. The van der Waals surface area contributed by atoms with Crippen molar-refractivity contribution in [1.82, 2.24) is 4.90 Å². The van der Waals surface area contributed by atoms with E-state index in [1.54, 1.807) is 0 Å². The first-order chi connectivity index (χ1) is 10.8. The van der Waals surface area contributed by atoms with Crippen molar-refractivity contribution in [1.29, 1.82) is 0 Å². The lowest BCUT2D eigenvalue weighted by Crippen LogP contribution is -2.15. The zero-order chi connectivity index (χ0) is 18.5. The lowest BCUT2D eigenvalue weighted by Gasteiger charge is -2.22. The van der Waals surface area contributed by atoms with Crippen LogP contribution in [0.2, 0.25) is 0 Å². The van der Waals surface area contributed by atoms with Gasteiger partial charge >= 0.3 is 0 Å². The molecule has 0 radical (unpaired) electrons. The second-order valence-electron chi connectivity index (χ2n) is 10.4. The number of hydrogen-bond acceptors (Lipinski definition) is 1. The molecule has 2 aliphatic carbocycles. The predicted octanol–water partition coefficient (Wildman–Crippen LogP) is 6.65. The van der Waals surface area contributed by atoms with E-state index < -0.39 is 0 Å². The Balaban J connectivity index is 1.77. The van der Waals surface area contributed by atoms with Crippen molar-refractivity contribution in [2.75, 3.05) is 7.05 Å². The second kappa shape index (κ2) is 6.07. The molecule has 2 rings (SSSR count). The van der Waals surface area contributed by atoms with Gasteiger partial charge in [0.05, 0.1) is 0 Å². The largest absolute Gasteiger partial charge is 0.355 e. The summed E-state index contributed by atoms with van der Waals surface area (Å²) in [7, 11) is 2.12. The molecule has 0 spiro atoms. The molecular weight excluding hydrogens is 290 g/mol. The normalized spacial score (nSPS) is 28.0.